The Balaban J connectivity index is 1.84. The van der Waals surface area contributed by atoms with Crippen LogP contribution in [-0.2, 0) is 6.42 Å². The van der Waals surface area contributed by atoms with Gasteiger partial charge in [-0.3, -0.25) is 0 Å². The maximum absolute atomic E-state index is 3.66. The van der Waals surface area contributed by atoms with Gasteiger partial charge in [0.15, 0.2) is 0 Å². The van der Waals surface area contributed by atoms with Crippen LogP contribution < -0.4 is 10.6 Å². The fourth-order valence-corrected chi connectivity index (χ4v) is 2.55. The van der Waals surface area contributed by atoms with Crippen molar-refractivity contribution in [1.29, 1.82) is 0 Å². The fourth-order valence-electron chi connectivity index (χ4n) is 2.55. The van der Waals surface area contributed by atoms with E-state index in [0.29, 0.717) is 6.04 Å². The zero-order valence-electron chi connectivity index (χ0n) is 11.5. The van der Waals surface area contributed by atoms with Crippen LogP contribution >= 0.6 is 0 Å². The van der Waals surface area contributed by atoms with Gasteiger partial charge in [-0.1, -0.05) is 25.5 Å². The molecule has 2 rings (SSSR count). The van der Waals surface area contributed by atoms with Crippen LogP contribution in [-0.4, -0.2) is 19.1 Å². The summed E-state index contributed by atoms with van der Waals surface area (Å²) in [6.07, 6.45) is 7.58. The second kappa shape index (κ2) is 7.42. The third-order valence-corrected chi connectivity index (χ3v) is 3.72. The van der Waals surface area contributed by atoms with E-state index in [4.69, 9.17) is 0 Å². The van der Waals surface area contributed by atoms with E-state index < -0.39 is 0 Å². The molecule has 2 N–H and O–H groups in total. The van der Waals surface area contributed by atoms with Crippen LogP contribution in [0, 0.1) is 0 Å². The molecule has 1 aliphatic rings. The van der Waals surface area contributed by atoms with Gasteiger partial charge >= 0.3 is 0 Å². The summed E-state index contributed by atoms with van der Waals surface area (Å²) in [5.74, 6) is 0. The lowest BCUT2D eigenvalue weighted by molar-refractivity contribution is 0.637. The monoisotopic (exact) mass is 246 g/mol. The lowest BCUT2D eigenvalue weighted by atomic mass is 10.1. The Labute approximate surface area is 111 Å². The van der Waals surface area contributed by atoms with Crippen molar-refractivity contribution in [3.05, 3.63) is 29.8 Å². The largest absolute Gasteiger partial charge is 0.382 e. The summed E-state index contributed by atoms with van der Waals surface area (Å²) in [6, 6.07) is 9.66. The molecule has 0 saturated carbocycles. The molecule has 0 aliphatic carbocycles. The summed E-state index contributed by atoms with van der Waals surface area (Å²) >= 11 is 0. The first-order valence-electron chi connectivity index (χ1n) is 7.44. The van der Waals surface area contributed by atoms with Crippen LogP contribution in [0.4, 0.5) is 5.69 Å². The number of hydrogen-bond donors (Lipinski definition) is 2. The number of hydrogen-bond acceptors (Lipinski definition) is 2. The minimum atomic E-state index is 0.640. The average Bonchev–Trinajstić information content (AvgIpc) is 2.67. The van der Waals surface area contributed by atoms with Gasteiger partial charge in [0, 0.05) is 11.7 Å². The Hall–Kier alpha value is -1.02. The van der Waals surface area contributed by atoms with Crippen LogP contribution in [0.15, 0.2) is 24.3 Å². The molecule has 2 nitrogen and oxygen atoms in total. The molecule has 0 radical (unpaired) electrons. The van der Waals surface area contributed by atoms with Crippen LogP contribution in [0.5, 0.6) is 0 Å². The summed E-state index contributed by atoms with van der Waals surface area (Å²) in [7, 11) is 0. The molecule has 1 fully saturated rings. The minimum absolute atomic E-state index is 0.640. The van der Waals surface area contributed by atoms with Crippen molar-refractivity contribution < 1.29 is 0 Å². The van der Waals surface area contributed by atoms with E-state index in [1.54, 1.807) is 0 Å². The van der Waals surface area contributed by atoms with Crippen molar-refractivity contribution in [2.24, 2.45) is 0 Å². The van der Waals surface area contributed by atoms with E-state index in [0.717, 1.165) is 6.54 Å². The quantitative estimate of drug-likeness (QED) is 0.829. The topological polar surface area (TPSA) is 24.1 Å². The van der Waals surface area contributed by atoms with Gasteiger partial charge in [-0.2, -0.15) is 0 Å². The van der Waals surface area contributed by atoms with E-state index in [1.807, 2.05) is 0 Å². The molecule has 1 unspecified atom stereocenters. The van der Waals surface area contributed by atoms with Gasteiger partial charge in [-0.25, -0.2) is 0 Å². The number of nitrogens with one attached hydrogen (secondary N) is 2. The molecular weight excluding hydrogens is 220 g/mol. The molecule has 2 heteroatoms. The number of aryl methyl sites for hydroxylation is 1. The van der Waals surface area contributed by atoms with E-state index in [2.05, 4.69) is 41.8 Å². The molecule has 1 saturated heterocycles. The Bertz CT molecular complexity index is 323. The molecule has 1 atom stereocenters. The predicted molar refractivity (Wildman–Crippen MR) is 79.2 cm³/mol. The highest BCUT2D eigenvalue weighted by molar-refractivity contribution is 5.45. The number of rotatable bonds is 5. The van der Waals surface area contributed by atoms with Crippen LogP contribution in [0.3, 0.4) is 0 Å². The van der Waals surface area contributed by atoms with Gasteiger partial charge in [0.2, 0.25) is 0 Å². The number of anilines is 1. The SMILES string of the molecule is CCCCc1ccc(NC2CCCNCC2)cc1. The normalized spacial score (nSPS) is 20.4. The molecule has 1 aromatic carbocycles. The van der Waals surface area contributed by atoms with Crippen molar-refractivity contribution in [1.82, 2.24) is 5.32 Å². The second-order valence-electron chi connectivity index (χ2n) is 5.32. The Morgan fingerprint density at radius 3 is 2.78 bits per heavy atom. The zero-order chi connectivity index (χ0) is 12.6. The number of unbranched alkanes of at least 4 members (excludes halogenated alkanes) is 1. The Morgan fingerprint density at radius 2 is 2.00 bits per heavy atom. The third kappa shape index (κ3) is 4.34. The zero-order valence-corrected chi connectivity index (χ0v) is 11.5. The summed E-state index contributed by atoms with van der Waals surface area (Å²) in [6.45, 7) is 4.57. The Morgan fingerprint density at radius 1 is 1.17 bits per heavy atom. The molecule has 18 heavy (non-hydrogen) atoms. The number of benzene rings is 1. The summed E-state index contributed by atoms with van der Waals surface area (Å²) in [5.41, 5.74) is 2.74. The van der Waals surface area contributed by atoms with Crippen molar-refractivity contribution >= 4 is 5.69 Å². The van der Waals surface area contributed by atoms with Crippen molar-refractivity contribution in [3.63, 3.8) is 0 Å². The minimum Gasteiger partial charge on any atom is -0.382 e. The maximum atomic E-state index is 3.66. The molecule has 1 heterocycles. The van der Waals surface area contributed by atoms with Crippen LogP contribution in [0.2, 0.25) is 0 Å². The summed E-state index contributed by atoms with van der Waals surface area (Å²) in [5, 5.41) is 7.12. The second-order valence-corrected chi connectivity index (χ2v) is 5.32. The average molecular weight is 246 g/mol. The fraction of sp³-hybridized carbons (Fsp3) is 0.625. The molecular formula is C16H26N2. The molecule has 1 aliphatic heterocycles. The van der Waals surface area contributed by atoms with E-state index in [-0.39, 0.29) is 0 Å². The smallest absolute Gasteiger partial charge is 0.0342 e. The summed E-state index contributed by atoms with van der Waals surface area (Å²) in [4.78, 5) is 0. The van der Waals surface area contributed by atoms with E-state index in [9.17, 15) is 0 Å². The molecule has 0 bridgehead atoms. The predicted octanol–water partition coefficient (Wildman–Crippen LogP) is 3.58. The van der Waals surface area contributed by atoms with Crippen molar-refractivity contribution in [3.8, 4) is 0 Å². The van der Waals surface area contributed by atoms with E-state index in [1.165, 1.54) is 56.3 Å². The lowest BCUT2D eigenvalue weighted by Gasteiger charge is -2.17. The first-order valence-corrected chi connectivity index (χ1v) is 7.44. The highest BCUT2D eigenvalue weighted by Crippen LogP contribution is 2.16. The third-order valence-electron chi connectivity index (χ3n) is 3.72. The van der Waals surface area contributed by atoms with Crippen LogP contribution in [0.1, 0.15) is 44.6 Å². The van der Waals surface area contributed by atoms with Gasteiger partial charge in [0.25, 0.3) is 0 Å². The van der Waals surface area contributed by atoms with Crippen molar-refractivity contribution in [2.75, 3.05) is 18.4 Å². The molecule has 0 spiro atoms. The summed E-state index contributed by atoms with van der Waals surface area (Å²) < 4.78 is 0. The first kappa shape index (κ1) is 13.4. The van der Waals surface area contributed by atoms with Gasteiger partial charge in [0.05, 0.1) is 0 Å². The first-order chi connectivity index (χ1) is 8.88. The lowest BCUT2D eigenvalue weighted by Crippen LogP contribution is -2.21. The van der Waals surface area contributed by atoms with Gasteiger partial charge in [-0.15, -0.1) is 0 Å². The van der Waals surface area contributed by atoms with Gasteiger partial charge in [0.1, 0.15) is 0 Å². The Kier molecular flexibility index (Phi) is 5.53. The highest BCUT2D eigenvalue weighted by Gasteiger charge is 2.11. The molecule has 0 aromatic heterocycles. The molecule has 0 amide bonds. The molecule has 100 valence electrons. The van der Waals surface area contributed by atoms with Gasteiger partial charge in [-0.05, 0) is 62.9 Å². The van der Waals surface area contributed by atoms with Gasteiger partial charge < -0.3 is 10.6 Å². The van der Waals surface area contributed by atoms with E-state index >= 15 is 0 Å². The standard InChI is InChI=1S/C16H26N2/c1-2-3-5-14-7-9-16(10-8-14)18-15-6-4-12-17-13-11-15/h7-10,15,17-18H,2-6,11-13H2,1H3. The molecule has 1 aromatic rings. The van der Waals surface area contributed by atoms with Crippen molar-refractivity contribution in [2.45, 2.75) is 51.5 Å². The highest BCUT2D eigenvalue weighted by atomic mass is 14.9. The maximum Gasteiger partial charge on any atom is 0.0342 e. The van der Waals surface area contributed by atoms with Crippen LogP contribution in [0.25, 0.3) is 0 Å².